The van der Waals surface area contributed by atoms with Crippen molar-refractivity contribution in [1.29, 1.82) is 0 Å². The molecule has 5 rings (SSSR count). The van der Waals surface area contributed by atoms with Gasteiger partial charge in [-0.3, -0.25) is 4.79 Å². The summed E-state index contributed by atoms with van der Waals surface area (Å²) in [5.41, 5.74) is -1.77. The zero-order valence-corrected chi connectivity index (χ0v) is 22.3. The Labute approximate surface area is 232 Å². The van der Waals surface area contributed by atoms with Gasteiger partial charge in [0.25, 0.3) is 0 Å². The molecule has 0 radical (unpaired) electrons. The molecular weight excluding hydrogens is 516 g/mol. The average molecular weight is 549 g/mol. The highest BCUT2D eigenvalue weighted by Gasteiger charge is 2.55. The Hall–Kier alpha value is -3.67. The molecule has 2 aliphatic rings. The highest BCUT2D eigenvalue weighted by atomic mass is 19.1. The maximum Gasteiger partial charge on any atom is 0.317 e. The Balaban J connectivity index is 1.92. The van der Waals surface area contributed by atoms with E-state index in [1.54, 1.807) is 18.2 Å². The second-order valence-electron chi connectivity index (χ2n) is 10.9. The summed E-state index contributed by atoms with van der Waals surface area (Å²) in [6.07, 6.45) is 5.98. The minimum Gasteiger partial charge on any atom is -0.480 e. The zero-order valence-electron chi connectivity index (χ0n) is 22.3. The van der Waals surface area contributed by atoms with Crippen molar-refractivity contribution in [2.24, 2.45) is 17.8 Å². The van der Waals surface area contributed by atoms with Crippen LogP contribution in [0.2, 0.25) is 0 Å². The molecule has 0 aromatic heterocycles. The molecule has 0 aliphatic heterocycles. The van der Waals surface area contributed by atoms with Crippen molar-refractivity contribution in [1.82, 2.24) is 0 Å². The summed E-state index contributed by atoms with van der Waals surface area (Å²) < 4.78 is 64.1. The first kappa shape index (κ1) is 27.9. The topological polar surface area (TPSA) is 37.3 Å². The van der Waals surface area contributed by atoms with Crippen LogP contribution >= 0.6 is 0 Å². The number of hydrogen-bond donors (Lipinski definition) is 1. The Kier molecular flexibility index (Phi) is 7.97. The van der Waals surface area contributed by atoms with Crippen molar-refractivity contribution in [3.63, 3.8) is 0 Å². The molecule has 208 valence electrons. The number of carboxylic acids is 1. The molecule has 2 atom stereocenters. The summed E-state index contributed by atoms with van der Waals surface area (Å²) in [6, 6.07) is 17.4. The fourth-order valence-electron chi connectivity index (χ4n) is 7.01. The van der Waals surface area contributed by atoms with Crippen LogP contribution in [0.25, 0.3) is 11.1 Å². The van der Waals surface area contributed by atoms with Crippen molar-refractivity contribution >= 4 is 17.1 Å². The molecule has 1 N–H and O–H groups in total. The average Bonchev–Trinajstić information content (AvgIpc) is 2.94. The summed E-state index contributed by atoms with van der Waals surface area (Å²) in [7, 11) is 0. The molecule has 2 unspecified atom stereocenters. The van der Waals surface area contributed by atoms with Gasteiger partial charge in [0.2, 0.25) is 0 Å². The third kappa shape index (κ3) is 4.67. The van der Waals surface area contributed by atoms with Gasteiger partial charge in [-0.15, -0.1) is 0 Å². The normalized spacial score (nSPS) is 25.0. The number of benzene rings is 3. The van der Waals surface area contributed by atoms with Crippen LogP contribution in [0.5, 0.6) is 0 Å². The van der Waals surface area contributed by atoms with Crippen molar-refractivity contribution in [2.75, 3.05) is 0 Å². The molecule has 40 heavy (non-hydrogen) atoms. The van der Waals surface area contributed by atoms with Crippen molar-refractivity contribution in [2.45, 2.75) is 50.9 Å². The molecule has 6 heteroatoms. The standard InChI is InChI=1S/C34H32F4O2/c1-2-9-21-16-18-22(19-17-21)34(26-12-5-8-15-30(26)37)27(23-10-3-6-13-28(23)35)20-25(33(39)40)32(38)31(34)24-11-4-7-14-29(24)36/h3-8,10-15,20-22,25H,2,9,16-19H2,1H3,(H,39,40)/t21-,22-,25?,34?. The molecule has 3 aromatic carbocycles. The minimum atomic E-state index is -1.79. The van der Waals surface area contributed by atoms with E-state index in [4.69, 9.17) is 0 Å². The molecule has 3 aromatic rings. The van der Waals surface area contributed by atoms with Gasteiger partial charge in [0, 0.05) is 22.3 Å². The van der Waals surface area contributed by atoms with Gasteiger partial charge in [-0.2, -0.15) is 0 Å². The predicted molar refractivity (Wildman–Crippen MR) is 148 cm³/mol. The van der Waals surface area contributed by atoms with E-state index in [1.165, 1.54) is 60.7 Å². The molecule has 0 bridgehead atoms. The molecule has 1 saturated carbocycles. The third-order valence-corrected chi connectivity index (χ3v) is 8.69. The highest BCUT2D eigenvalue weighted by molar-refractivity contribution is 5.99. The maximum atomic E-state index is 16.8. The largest absolute Gasteiger partial charge is 0.480 e. The van der Waals surface area contributed by atoms with Gasteiger partial charge in [0.05, 0.1) is 5.41 Å². The van der Waals surface area contributed by atoms with Crippen LogP contribution in [-0.2, 0) is 10.2 Å². The molecule has 0 saturated heterocycles. The van der Waals surface area contributed by atoms with Crippen LogP contribution in [0.4, 0.5) is 17.6 Å². The van der Waals surface area contributed by atoms with Crippen LogP contribution in [0.1, 0.15) is 62.1 Å². The van der Waals surface area contributed by atoms with E-state index in [0.29, 0.717) is 18.8 Å². The van der Waals surface area contributed by atoms with Crippen LogP contribution in [0.15, 0.2) is 84.7 Å². The smallest absolute Gasteiger partial charge is 0.317 e. The van der Waals surface area contributed by atoms with Gasteiger partial charge in [-0.25, -0.2) is 17.6 Å². The van der Waals surface area contributed by atoms with Gasteiger partial charge in [0.1, 0.15) is 29.2 Å². The Morgan fingerprint density at radius 1 is 0.800 bits per heavy atom. The molecular formula is C34H32F4O2. The number of aliphatic carboxylic acids is 1. The van der Waals surface area contributed by atoms with Crippen LogP contribution in [0, 0.1) is 35.2 Å². The van der Waals surface area contributed by atoms with Gasteiger partial charge >= 0.3 is 5.97 Å². The van der Waals surface area contributed by atoms with E-state index in [-0.39, 0.29) is 27.8 Å². The fraction of sp³-hybridized carbons (Fsp3) is 0.324. The summed E-state index contributed by atoms with van der Waals surface area (Å²) >= 11 is 0. The zero-order chi connectivity index (χ0) is 28.4. The number of carbonyl (C=O) groups is 1. The molecule has 1 fully saturated rings. The number of hydrogen-bond acceptors (Lipinski definition) is 1. The Morgan fingerprint density at radius 2 is 1.35 bits per heavy atom. The van der Waals surface area contributed by atoms with Crippen molar-refractivity contribution in [3.05, 3.63) is 119 Å². The van der Waals surface area contributed by atoms with Gasteiger partial charge in [-0.05, 0) is 48.4 Å². The minimum absolute atomic E-state index is 0.0500. The number of allylic oxidation sites excluding steroid dienone is 2. The van der Waals surface area contributed by atoms with E-state index < -0.39 is 46.5 Å². The number of rotatable bonds is 7. The second-order valence-corrected chi connectivity index (χ2v) is 10.9. The fourth-order valence-corrected chi connectivity index (χ4v) is 7.01. The van der Waals surface area contributed by atoms with E-state index in [0.717, 1.165) is 25.7 Å². The van der Waals surface area contributed by atoms with Crippen molar-refractivity contribution in [3.8, 4) is 0 Å². The molecule has 0 spiro atoms. The lowest BCUT2D eigenvalue weighted by molar-refractivity contribution is -0.139. The molecule has 0 amide bonds. The highest BCUT2D eigenvalue weighted by Crippen LogP contribution is 2.62. The van der Waals surface area contributed by atoms with Gasteiger partial charge in [-0.1, -0.05) is 93.3 Å². The first-order valence-corrected chi connectivity index (χ1v) is 13.9. The van der Waals surface area contributed by atoms with Gasteiger partial charge in [0.15, 0.2) is 0 Å². The van der Waals surface area contributed by atoms with Crippen LogP contribution < -0.4 is 0 Å². The lowest BCUT2D eigenvalue weighted by Gasteiger charge is -2.50. The summed E-state index contributed by atoms with van der Waals surface area (Å²) in [5, 5.41) is 10.1. The molecule has 2 aliphatic carbocycles. The summed E-state index contributed by atoms with van der Waals surface area (Å²) in [5.74, 6) is -6.39. The summed E-state index contributed by atoms with van der Waals surface area (Å²) in [6.45, 7) is 2.12. The first-order valence-electron chi connectivity index (χ1n) is 13.9. The Morgan fingerprint density at radius 3 is 1.90 bits per heavy atom. The SMILES string of the molecule is CCC[C@H]1CC[C@H](C2(c3ccccc3F)C(c3ccccc3F)=CC(C(=O)O)C(F)=C2c2ccccc2F)CC1. The Bertz CT molecular complexity index is 1470. The monoisotopic (exact) mass is 548 g/mol. The van der Waals surface area contributed by atoms with E-state index in [1.807, 2.05) is 0 Å². The predicted octanol–water partition coefficient (Wildman–Crippen LogP) is 9.13. The van der Waals surface area contributed by atoms with E-state index >= 15 is 17.6 Å². The lowest BCUT2D eigenvalue weighted by atomic mass is 9.52. The second kappa shape index (κ2) is 11.4. The van der Waals surface area contributed by atoms with Crippen LogP contribution in [0.3, 0.4) is 0 Å². The number of carboxylic acid groups (broad SMARTS) is 1. The van der Waals surface area contributed by atoms with E-state index in [2.05, 4.69) is 6.92 Å². The lowest BCUT2D eigenvalue weighted by Crippen LogP contribution is -2.44. The quantitative estimate of drug-likeness (QED) is 0.299. The number of halogens is 4. The van der Waals surface area contributed by atoms with Crippen LogP contribution in [-0.4, -0.2) is 11.1 Å². The molecule has 0 heterocycles. The third-order valence-electron chi connectivity index (χ3n) is 8.69. The summed E-state index contributed by atoms with van der Waals surface area (Å²) in [4.78, 5) is 12.4. The van der Waals surface area contributed by atoms with Gasteiger partial charge < -0.3 is 5.11 Å². The maximum absolute atomic E-state index is 16.8. The van der Waals surface area contributed by atoms with Crippen molar-refractivity contribution < 1.29 is 27.5 Å². The molecule has 2 nitrogen and oxygen atoms in total. The first-order chi connectivity index (χ1) is 19.3. The van der Waals surface area contributed by atoms with E-state index in [9.17, 15) is 9.90 Å².